The van der Waals surface area contributed by atoms with Crippen LogP contribution in [0, 0.1) is 25.7 Å². The molecular weight excluding hydrogens is 330 g/mol. The van der Waals surface area contributed by atoms with E-state index in [9.17, 15) is 0 Å². The summed E-state index contributed by atoms with van der Waals surface area (Å²) in [6, 6.07) is 0. The molecule has 0 radical (unpaired) electrons. The summed E-state index contributed by atoms with van der Waals surface area (Å²) in [6.45, 7) is 9.99. The minimum atomic E-state index is 0.769. The van der Waals surface area contributed by atoms with Crippen molar-refractivity contribution in [2.45, 2.75) is 39.2 Å². The molecule has 1 saturated carbocycles. The van der Waals surface area contributed by atoms with Crippen LogP contribution in [-0.4, -0.2) is 46.0 Å². The van der Waals surface area contributed by atoms with Crippen molar-refractivity contribution in [3.8, 4) is 0 Å². The van der Waals surface area contributed by atoms with E-state index in [1.54, 1.807) is 6.33 Å². The highest BCUT2D eigenvalue weighted by atomic mass is 32.1. The average molecular weight is 356 g/mol. The maximum atomic E-state index is 4.63. The van der Waals surface area contributed by atoms with E-state index in [0.29, 0.717) is 0 Å². The summed E-state index contributed by atoms with van der Waals surface area (Å²) in [6.07, 6.45) is 6.52. The predicted octanol–water partition coefficient (Wildman–Crippen LogP) is 3.00. The van der Waals surface area contributed by atoms with Crippen LogP contribution in [0.1, 0.15) is 39.9 Å². The molecule has 2 aliphatic heterocycles. The highest BCUT2D eigenvalue weighted by molar-refractivity contribution is 7.11. The van der Waals surface area contributed by atoms with Gasteiger partial charge in [-0.2, -0.15) is 0 Å². The van der Waals surface area contributed by atoms with Gasteiger partial charge in [0, 0.05) is 61.0 Å². The normalized spacial score (nSPS) is 26.4. The van der Waals surface area contributed by atoms with Crippen molar-refractivity contribution in [2.75, 3.05) is 31.1 Å². The molecule has 5 nitrogen and oxygen atoms in total. The second-order valence-corrected chi connectivity index (χ2v) is 9.11. The number of anilines is 1. The third-order valence-electron chi connectivity index (χ3n) is 6.05. The van der Waals surface area contributed by atoms with Gasteiger partial charge in [-0.1, -0.05) is 0 Å². The molecule has 5 rings (SSSR count). The highest BCUT2D eigenvalue weighted by Crippen LogP contribution is 2.42. The Morgan fingerprint density at radius 3 is 2.52 bits per heavy atom. The summed E-state index contributed by atoms with van der Waals surface area (Å²) < 4.78 is 0. The molecule has 2 aromatic rings. The first-order valence-corrected chi connectivity index (χ1v) is 10.2. The van der Waals surface area contributed by atoms with E-state index in [2.05, 4.69) is 44.8 Å². The van der Waals surface area contributed by atoms with Crippen LogP contribution in [0.2, 0.25) is 0 Å². The Morgan fingerprint density at radius 1 is 1.04 bits per heavy atom. The van der Waals surface area contributed by atoms with Crippen molar-refractivity contribution in [1.29, 1.82) is 0 Å². The fourth-order valence-electron chi connectivity index (χ4n) is 4.37. The van der Waals surface area contributed by atoms with Crippen molar-refractivity contribution >= 4 is 17.2 Å². The summed E-state index contributed by atoms with van der Waals surface area (Å²) in [5.41, 5.74) is 2.33. The molecule has 2 saturated heterocycles. The van der Waals surface area contributed by atoms with E-state index in [1.807, 2.05) is 11.3 Å². The molecule has 3 aliphatic rings. The van der Waals surface area contributed by atoms with E-state index in [1.165, 1.54) is 41.4 Å². The van der Waals surface area contributed by atoms with Crippen LogP contribution in [0.15, 0.2) is 12.5 Å². The van der Waals surface area contributed by atoms with Crippen molar-refractivity contribution in [3.05, 3.63) is 33.7 Å². The summed E-state index contributed by atoms with van der Waals surface area (Å²) in [7, 11) is 0. The molecule has 3 fully saturated rings. The molecule has 2 aromatic heterocycles. The summed E-state index contributed by atoms with van der Waals surface area (Å²) in [5.74, 6) is 3.46. The molecular formula is C19H25N5S. The van der Waals surface area contributed by atoms with Crippen molar-refractivity contribution in [1.82, 2.24) is 19.9 Å². The third kappa shape index (κ3) is 2.95. The molecule has 2 unspecified atom stereocenters. The lowest BCUT2D eigenvalue weighted by molar-refractivity contribution is 0.311. The van der Waals surface area contributed by atoms with Crippen molar-refractivity contribution in [2.24, 2.45) is 11.8 Å². The molecule has 2 atom stereocenters. The number of hydrogen-bond acceptors (Lipinski definition) is 6. The molecule has 132 valence electrons. The maximum absolute atomic E-state index is 4.63. The van der Waals surface area contributed by atoms with Crippen LogP contribution in [0.25, 0.3) is 0 Å². The van der Waals surface area contributed by atoms with Gasteiger partial charge >= 0.3 is 0 Å². The van der Waals surface area contributed by atoms with Gasteiger partial charge in [0.1, 0.15) is 12.1 Å². The maximum Gasteiger partial charge on any atom is 0.135 e. The summed E-state index contributed by atoms with van der Waals surface area (Å²) in [4.78, 5) is 20.1. The Kier molecular flexibility index (Phi) is 3.78. The lowest BCUT2D eigenvalue weighted by Gasteiger charge is -2.23. The third-order valence-corrected chi connectivity index (χ3v) is 7.19. The van der Waals surface area contributed by atoms with Crippen molar-refractivity contribution in [3.63, 3.8) is 0 Å². The zero-order valence-corrected chi connectivity index (χ0v) is 15.8. The van der Waals surface area contributed by atoms with Gasteiger partial charge in [0.15, 0.2) is 0 Å². The Hall–Kier alpha value is -1.53. The van der Waals surface area contributed by atoms with Crippen LogP contribution in [0.3, 0.4) is 0 Å². The van der Waals surface area contributed by atoms with Crippen LogP contribution in [0.5, 0.6) is 0 Å². The molecule has 0 amide bonds. The average Bonchev–Trinajstić information content (AvgIpc) is 3.03. The van der Waals surface area contributed by atoms with Crippen molar-refractivity contribution < 1.29 is 0 Å². The number of rotatable bonds is 4. The van der Waals surface area contributed by atoms with Crippen LogP contribution in [0.4, 0.5) is 5.82 Å². The van der Waals surface area contributed by atoms with E-state index in [0.717, 1.165) is 48.9 Å². The van der Waals surface area contributed by atoms with Gasteiger partial charge in [-0.3, -0.25) is 4.90 Å². The summed E-state index contributed by atoms with van der Waals surface area (Å²) in [5, 5.41) is 1.37. The van der Waals surface area contributed by atoms with Crippen LogP contribution >= 0.6 is 11.3 Å². The Bertz CT molecular complexity index is 770. The minimum absolute atomic E-state index is 0.769. The topological polar surface area (TPSA) is 45.2 Å². The zero-order valence-electron chi connectivity index (χ0n) is 15.0. The summed E-state index contributed by atoms with van der Waals surface area (Å²) >= 11 is 1.94. The smallest absolute Gasteiger partial charge is 0.135 e. The minimum Gasteiger partial charge on any atom is -0.356 e. The van der Waals surface area contributed by atoms with E-state index in [4.69, 9.17) is 0 Å². The standard InChI is InChI=1S/C19H25N5S/c1-12-13(2)21-11-22-18(12)24-8-15-6-23(7-16(15)9-24)10-17-5-20-19(25-17)14-3-4-14/h5,11,14-16H,3-4,6-10H2,1-2H3. The SMILES string of the molecule is Cc1ncnc(N2CC3CN(Cc4cnc(C5CC5)s4)CC3C2)c1C. The quantitative estimate of drug-likeness (QED) is 0.844. The number of aromatic nitrogens is 3. The number of likely N-dealkylation sites (tertiary alicyclic amines) is 1. The van der Waals surface area contributed by atoms with E-state index >= 15 is 0 Å². The lowest BCUT2D eigenvalue weighted by Crippen LogP contribution is -2.29. The van der Waals surface area contributed by atoms with Gasteiger partial charge in [-0.05, 0) is 38.5 Å². The van der Waals surface area contributed by atoms with Crippen LogP contribution in [-0.2, 0) is 6.54 Å². The number of hydrogen-bond donors (Lipinski definition) is 0. The van der Waals surface area contributed by atoms with Gasteiger partial charge in [0.25, 0.3) is 0 Å². The van der Waals surface area contributed by atoms with Gasteiger partial charge < -0.3 is 4.90 Å². The lowest BCUT2D eigenvalue weighted by atomic mass is 10.0. The first-order chi connectivity index (χ1) is 12.2. The second kappa shape index (κ2) is 6.02. The van der Waals surface area contributed by atoms with Gasteiger partial charge in [0.2, 0.25) is 0 Å². The monoisotopic (exact) mass is 355 g/mol. The number of nitrogens with zero attached hydrogens (tertiary/aromatic N) is 5. The molecule has 4 heterocycles. The number of fused-ring (bicyclic) bond motifs is 1. The van der Waals surface area contributed by atoms with E-state index in [-0.39, 0.29) is 0 Å². The predicted molar refractivity (Wildman–Crippen MR) is 100 cm³/mol. The zero-order chi connectivity index (χ0) is 17.0. The molecule has 0 bridgehead atoms. The molecule has 1 aliphatic carbocycles. The highest BCUT2D eigenvalue weighted by Gasteiger charge is 2.41. The number of aryl methyl sites for hydroxylation is 1. The fraction of sp³-hybridized carbons (Fsp3) is 0.632. The Morgan fingerprint density at radius 2 is 1.80 bits per heavy atom. The Labute approximate surface area is 153 Å². The van der Waals surface area contributed by atoms with Gasteiger partial charge in [-0.25, -0.2) is 15.0 Å². The Balaban J connectivity index is 1.22. The molecule has 0 N–H and O–H groups in total. The second-order valence-electron chi connectivity index (χ2n) is 7.97. The van der Waals surface area contributed by atoms with Gasteiger partial charge in [-0.15, -0.1) is 11.3 Å². The molecule has 25 heavy (non-hydrogen) atoms. The molecule has 0 aromatic carbocycles. The van der Waals surface area contributed by atoms with E-state index < -0.39 is 0 Å². The first kappa shape index (κ1) is 15.7. The molecule has 0 spiro atoms. The first-order valence-electron chi connectivity index (χ1n) is 9.37. The van der Waals surface area contributed by atoms with Crippen LogP contribution < -0.4 is 4.90 Å². The van der Waals surface area contributed by atoms with Gasteiger partial charge in [0.05, 0.1) is 5.01 Å². The molecule has 6 heteroatoms. The largest absolute Gasteiger partial charge is 0.356 e. The fourth-order valence-corrected chi connectivity index (χ4v) is 5.50. The number of thiazole rings is 1.